The summed E-state index contributed by atoms with van der Waals surface area (Å²) in [5.74, 6) is 1.34. The van der Waals surface area contributed by atoms with Crippen LogP contribution >= 0.6 is 0 Å². The quantitative estimate of drug-likeness (QED) is 0.475. The van der Waals surface area contributed by atoms with Crippen LogP contribution < -0.4 is 9.47 Å². The van der Waals surface area contributed by atoms with Crippen LogP contribution in [0, 0.1) is 10.1 Å². The standard InChI is InChI=1S/C20H18N2O4/c1-3-26-19-13-14(8-12-18(19)25-2)7-10-16-11-9-15-5-4-6-17(22(23)24)20(15)21-16/h4-13H,3H2,1-2H3/b10-7+. The van der Waals surface area contributed by atoms with Gasteiger partial charge in [-0.2, -0.15) is 0 Å². The maximum absolute atomic E-state index is 11.2. The van der Waals surface area contributed by atoms with Crippen molar-refractivity contribution in [3.8, 4) is 11.5 Å². The lowest BCUT2D eigenvalue weighted by molar-refractivity contribution is -0.383. The monoisotopic (exact) mass is 350 g/mol. The molecule has 1 aromatic heterocycles. The smallest absolute Gasteiger partial charge is 0.295 e. The summed E-state index contributed by atoms with van der Waals surface area (Å²) in [6.45, 7) is 2.45. The number of nitrogens with zero attached hydrogens (tertiary/aromatic N) is 2. The number of benzene rings is 2. The Balaban J connectivity index is 1.94. The van der Waals surface area contributed by atoms with Crippen LogP contribution in [0.4, 0.5) is 5.69 Å². The molecule has 26 heavy (non-hydrogen) atoms. The third-order valence-corrected chi connectivity index (χ3v) is 3.85. The zero-order valence-electron chi connectivity index (χ0n) is 14.5. The number of para-hydroxylation sites is 1. The number of non-ortho nitro benzene ring substituents is 1. The number of fused-ring (bicyclic) bond motifs is 1. The zero-order chi connectivity index (χ0) is 18.5. The molecule has 6 nitrogen and oxygen atoms in total. The number of methoxy groups -OCH3 is 1. The average molecular weight is 350 g/mol. The van der Waals surface area contributed by atoms with Gasteiger partial charge >= 0.3 is 0 Å². The van der Waals surface area contributed by atoms with Gasteiger partial charge in [-0.3, -0.25) is 10.1 Å². The van der Waals surface area contributed by atoms with Crippen molar-refractivity contribution >= 4 is 28.7 Å². The largest absolute Gasteiger partial charge is 0.493 e. The molecule has 0 aliphatic rings. The highest BCUT2D eigenvalue weighted by Gasteiger charge is 2.12. The summed E-state index contributed by atoms with van der Waals surface area (Å²) in [6.07, 6.45) is 3.69. The molecule has 0 aliphatic heterocycles. The van der Waals surface area contributed by atoms with Crippen molar-refractivity contribution in [1.82, 2.24) is 4.98 Å². The minimum atomic E-state index is -0.416. The van der Waals surface area contributed by atoms with Gasteiger partial charge in [0.25, 0.3) is 5.69 Å². The Labute approximate surface area is 150 Å². The van der Waals surface area contributed by atoms with E-state index in [0.29, 0.717) is 29.3 Å². The number of nitro benzene ring substituents is 1. The van der Waals surface area contributed by atoms with Gasteiger partial charge in [-0.25, -0.2) is 4.98 Å². The summed E-state index contributed by atoms with van der Waals surface area (Å²) in [7, 11) is 1.60. The fraction of sp³-hybridized carbons (Fsp3) is 0.150. The molecule has 0 bridgehead atoms. The Morgan fingerprint density at radius 2 is 1.96 bits per heavy atom. The van der Waals surface area contributed by atoms with Crippen molar-refractivity contribution in [1.29, 1.82) is 0 Å². The fourth-order valence-corrected chi connectivity index (χ4v) is 2.63. The second-order valence-electron chi connectivity index (χ2n) is 5.52. The van der Waals surface area contributed by atoms with Gasteiger partial charge in [0.1, 0.15) is 5.52 Å². The second-order valence-corrected chi connectivity index (χ2v) is 5.52. The summed E-state index contributed by atoms with van der Waals surface area (Å²) in [4.78, 5) is 15.2. The zero-order valence-corrected chi connectivity index (χ0v) is 14.5. The van der Waals surface area contributed by atoms with E-state index in [0.717, 1.165) is 10.9 Å². The Morgan fingerprint density at radius 1 is 1.12 bits per heavy atom. The molecule has 0 radical (unpaired) electrons. The van der Waals surface area contributed by atoms with E-state index in [1.165, 1.54) is 6.07 Å². The van der Waals surface area contributed by atoms with E-state index in [-0.39, 0.29) is 5.69 Å². The van der Waals surface area contributed by atoms with Crippen LogP contribution in [0.25, 0.3) is 23.1 Å². The minimum Gasteiger partial charge on any atom is -0.493 e. The first-order valence-corrected chi connectivity index (χ1v) is 8.15. The summed E-state index contributed by atoms with van der Waals surface area (Å²) < 4.78 is 10.8. The van der Waals surface area contributed by atoms with Gasteiger partial charge in [0, 0.05) is 11.5 Å². The molecule has 0 N–H and O–H groups in total. The molecule has 0 saturated heterocycles. The molecule has 3 aromatic rings. The first-order chi connectivity index (χ1) is 12.6. The molecule has 0 saturated carbocycles. The predicted molar refractivity (Wildman–Crippen MR) is 101 cm³/mol. The van der Waals surface area contributed by atoms with E-state index in [1.54, 1.807) is 19.2 Å². The van der Waals surface area contributed by atoms with Crippen LogP contribution in [0.15, 0.2) is 48.5 Å². The second kappa shape index (κ2) is 7.65. The lowest BCUT2D eigenvalue weighted by Crippen LogP contribution is -1.95. The molecule has 0 unspecified atom stereocenters. The van der Waals surface area contributed by atoms with E-state index < -0.39 is 4.92 Å². The minimum absolute atomic E-state index is 0.000768. The Morgan fingerprint density at radius 3 is 2.69 bits per heavy atom. The van der Waals surface area contributed by atoms with E-state index in [1.807, 2.05) is 49.4 Å². The van der Waals surface area contributed by atoms with Crippen molar-refractivity contribution in [2.45, 2.75) is 6.92 Å². The van der Waals surface area contributed by atoms with E-state index in [4.69, 9.17) is 9.47 Å². The van der Waals surface area contributed by atoms with Gasteiger partial charge in [0.15, 0.2) is 11.5 Å². The number of aromatic nitrogens is 1. The first kappa shape index (κ1) is 17.4. The molecule has 0 fully saturated rings. The maximum Gasteiger partial charge on any atom is 0.295 e. The number of nitro groups is 1. The number of pyridine rings is 1. The molecule has 2 aromatic carbocycles. The molecule has 0 spiro atoms. The van der Waals surface area contributed by atoms with Gasteiger partial charge in [-0.15, -0.1) is 0 Å². The number of hydrogen-bond acceptors (Lipinski definition) is 5. The average Bonchev–Trinajstić information content (AvgIpc) is 2.66. The molecular formula is C20H18N2O4. The van der Waals surface area contributed by atoms with Crippen LogP contribution in [-0.2, 0) is 0 Å². The Bertz CT molecular complexity index is 983. The fourth-order valence-electron chi connectivity index (χ4n) is 2.63. The van der Waals surface area contributed by atoms with Crippen LogP contribution in [-0.4, -0.2) is 23.6 Å². The third-order valence-electron chi connectivity index (χ3n) is 3.85. The molecule has 0 amide bonds. The van der Waals surface area contributed by atoms with Crippen LogP contribution in [0.5, 0.6) is 11.5 Å². The highest BCUT2D eigenvalue weighted by Crippen LogP contribution is 2.29. The highest BCUT2D eigenvalue weighted by molar-refractivity contribution is 5.88. The first-order valence-electron chi connectivity index (χ1n) is 8.15. The highest BCUT2D eigenvalue weighted by atomic mass is 16.6. The van der Waals surface area contributed by atoms with E-state index in [9.17, 15) is 10.1 Å². The van der Waals surface area contributed by atoms with Gasteiger partial charge in [0.05, 0.1) is 24.3 Å². The van der Waals surface area contributed by atoms with E-state index >= 15 is 0 Å². The normalized spacial score (nSPS) is 11.0. The van der Waals surface area contributed by atoms with Crippen LogP contribution in [0.1, 0.15) is 18.2 Å². The van der Waals surface area contributed by atoms with Crippen LogP contribution in [0.3, 0.4) is 0 Å². The third kappa shape index (κ3) is 3.64. The molecule has 0 aliphatic carbocycles. The maximum atomic E-state index is 11.2. The van der Waals surface area contributed by atoms with Crippen molar-refractivity contribution < 1.29 is 14.4 Å². The molecule has 1 heterocycles. The van der Waals surface area contributed by atoms with Crippen molar-refractivity contribution in [3.05, 3.63) is 69.9 Å². The summed E-state index contributed by atoms with van der Waals surface area (Å²) in [5.41, 5.74) is 1.93. The summed E-state index contributed by atoms with van der Waals surface area (Å²) >= 11 is 0. The summed E-state index contributed by atoms with van der Waals surface area (Å²) in [6, 6.07) is 14.2. The van der Waals surface area contributed by atoms with Gasteiger partial charge < -0.3 is 9.47 Å². The number of rotatable bonds is 6. The lowest BCUT2D eigenvalue weighted by Gasteiger charge is -2.09. The van der Waals surface area contributed by atoms with Gasteiger partial charge in [-0.05, 0) is 36.8 Å². The van der Waals surface area contributed by atoms with Gasteiger partial charge in [0.2, 0.25) is 0 Å². The molecule has 6 heteroatoms. The lowest BCUT2D eigenvalue weighted by atomic mass is 10.1. The predicted octanol–water partition coefficient (Wildman–Crippen LogP) is 4.72. The van der Waals surface area contributed by atoms with Crippen molar-refractivity contribution in [3.63, 3.8) is 0 Å². The van der Waals surface area contributed by atoms with Crippen molar-refractivity contribution in [2.75, 3.05) is 13.7 Å². The Kier molecular flexibility index (Phi) is 5.12. The van der Waals surface area contributed by atoms with E-state index in [2.05, 4.69) is 4.98 Å². The molecular weight excluding hydrogens is 332 g/mol. The van der Waals surface area contributed by atoms with Crippen molar-refractivity contribution in [2.24, 2.45) is 0 Å². The van der Waals surface area contributed by atoms with Gasteiger partial charge in [-0.1, -0.05) is 30.3 Å². The topological polar surface area (TPSA) is 74.5 Å². The Hall–Kier alpha value is -3.41. The molecule has 0 atom stereocenters. The SMILES string of the molecule is CCOc1cc(/C=C/c2ccc3cccc([N+](=O)[O-])c3n2)ccc1OC. The number of hydrogen-bond donors (Lipinski definition) is 0. The molecule has 3 rings (SSSR count). The summed E-state index contributed by atoms with van der Waals surface area (Å²) in [5, 5.41) is 11.9. The molecule has 132 valence electrons. The van der Waals surface area contributed by atoms with Crippen LogP contribution in [0.2, 0.25) is 0 Å². The number of ether oxygens (including phenoxy) is 2.